The first-order chi connectivity index (χ1) is 12.9. The third-order valence-corrected chi connectivity index (χ3v) is 7.70. The maximum atomic E-state index is 12.9. The summed E-state index contributed by atoms with van der Waals surface area (Å²) in [4.78, 5) is 22.0. The Hall–Kier alpha value is -2.58. The van der Waals surface area contributed by atoms with Crippen molar-refractivity contribution in [3.8, 4) is 0 Å². The molecular formula is C19H18N2O5S. The van der Waals surface area contributed by atoms with Gasteiger partial charge in [-0.05, 0) is 30.0 Å². The topological polar surface area (TPSA) is 97.6 Å². The molecule has 2 aromatic carbocycles. The lowest BCUT2D eigenvalue weighted by Gasteiger charge is -2.28. The van der Waals surface area contributed by atoms with Gasteiger partial charge in [0.2, 0.25) is 10.0 Å². The molecule has 1 aliphatic carbocycles. The number of nitrogens with zero attached hydrogens (tertiary/aromatic N) is 2. The number of benzene rings is 2. The molecular weight excluding hydrogens is 368 g/mol. The summed E-state index contributed by atoms with van der Waals surface area (Å²) in [7, 11) is -3.76. The van der Waals surface area contributed by atoms with Gasteiger partial charge in [-0.1, -0.05) is 30.3 Å². The fraction of sp³-hybridized carbons (Fsp3) is 0.316. The van der Waals surface area contributed by atoms with Crippen molar-refractivity contribution >= 4 is 22.0 Å². The Morgan fingerprint density at radius 1 is 1.11 bits per heavy atom. The van der Waals surface area contributed by atoms with E-state index in [9.17, 15) is 23.3 Å². The van der Waals surface area contributed by atoms with Crippen molar-refractivity contribution in [2.24, 2.45) is 11.3 Å². The monoisotopic (exact) mass is 386 g/mol. The highest BCUT2D eigenvalue weighted by Crippen LogP contribution is 2.67. The van der Waals surface area contributed by atoms with Crippen molar-refractivity contribution in [2.75, 3.05) is 13.1 Å². The van der Waals surface area contributed by atoms with Crippen LogP contribution in [0.4, 0.5) is 5.69 Å². The Kier molecular flexibility index (Phi) is 4.12. The zero-order chi connectivity index (χ0) is 19.2. The van der Waals surface area contributed by atoms with Crippen LogP contribution in [-0.2, 0) is 14.8 Å². The highest BCUT2D eigenvalue weighted by molar-refractivity contribution is 7.89. The van der Waals surface area contributed by atoms with Crippen LogP contribution in [0.15, 0.2) is 59.5 Å². The second kappa shape index (κ2) is 6.24. The largest absolute Gasteiger partial charge is 0.303 e. The highest BCUT2D eigenvalue weighted by atomic mass is 32.2. The number of hydrogen-bond acceptors (Lipinski definition) is 5. The summed E-state index contributed by atoms with van der Waals surface area (Å²) >= 11 is 0. The number of hydrogen-bond donors (Lipinski definition) is 0. The number of fused-ring (bicyclic) bond motifs is 1. The lowest BCUT2D eigenvalue weighted by Crippen LogP contribution is -2.39. The summed E-state index contributed by atoms with van der Waals surface area (Å²) < 4.78 is 27.3. The van der Waals surface area contributed by atoms with Gasteiger partial charge in [0.25, 0.3) is 5.69 Å². The van der Waals surface area contributed by atoms with Crippen LogP contribution in [0.2, 0.25) is 0 Å². The fourth-order valence-corrected chi connectivity index (χ4v) is 5.78. The van der Waals surface area contributed by atoms with Gasteiger partial charge in [-0.2, -0.15) is 4.31 Å². The van der Waals surface area contributed by atoms with Crippen LogP contribution in [0.5, 0.6) is 0 Å². The second-order valence-electron chi connectivity index (χ2n) is 7.09. The van der Waals surface area contributed by atoms with Gasteiger partial charge >= 0.3 is 0 Å². The van der Waals surface area contributed by atoms with Crippen molar-refractivity contribution in [1.82, 2.24) is 4.31 Å². The first kappa shape index (κ1) is 17.8. The minimum Gasteiger partial charge on any atom is -0.303 e. The third-order valence-electron chi connectivity index (χ3n) is 5.82. The number of non-ortho nitro benzene ring substituents is 1. The summed E-state index contributed by atoms with van der Waals surface area (Å²) in [5.74, 6) is -0.00719. The van der Waals surface area contributed by atoms with Crippen LogP contribution < -0.4 is 0 Å². The molecule has 8 heteroatoms. The molecule has 140 valence electrons. The minimum atomic E-state index is -3.76. The normalized spacial score (nSPS) is 27.6. The van der Waals surface area contributed by atoms with Crippen molar-refractivity contribution in [1.29, 1.82) is 0 Å². The predicted molar refractivity (Wildman–Crippen MR) is 97.6 cm³/mol. The van der Waals surface area contributed by atoms with Gasteiger partial charge in [-0.3, -0.25) is 10.1 Å². The summed E-state index contributed by atoms with van der Waals surface area (Å²) in [6.45, 7) is 0.537. The van der Waals surface area contributed by atoms with Gasteiger partial charge in [0, 0.05) is 36.6 Å². The Morgan fingerprint density at radius 3 is 2.37 bits per heavy atom. The number of rotatable bonds is 5. The van der Waals surface area contributed by atoms with E-state index >= 15 is 0 Å². The first-order valence-electron chi connectivity index (χ1n) is 8.66. The maximum Gasteiger partial charge on any atom is 0.269 e. The van der Waals surface area contributed by atoms with Crippen LogP contribution in [-0.4, -0.2) is 37.0 Å². The molecule has 2 fully saturated rings. The molecule has 0 amide bonds. The average molecular weight is 386 g/mol. The quantitative estimate of drug-likeness (QED) is 0.447. The van der Waals surface area contributed by atoms with Gasteiger partial charge in [0.15, 0.2) is 0 Å². The van der Waals surface area contributed by atoms with E-state index < -0.39 is 20.4 Å². The number of aldehydes is 1. The molecule has 1 saturated heterocycles. The molecule has 1 aliphatic heterocycles. The van der Waals surface area contributed by atoms with Crippen LogP contribution in [0.1, 0.15) is 17.9 Å². The molecule has 1 heterocycles. The van der Waals surface area contributed by atoms with Crippen LogP contribution >= 0.6 is 0 Å². The van der Waals surface area contributed by atoms with E-state index in [0.717, 1.165) is 11.8 Å². The minimum absolute atomic E-state index is 0.0311. The molecule has 3 atom stereocenters. The summed E-state index contributed by atoms with van der Waals surface area (Å²) in [6.07, 6.45) is 1.47. The van der Waals surface area contributed by atoms with Crippen molar-refractivity contribution in [2.45, 2.75) is 17.2 Å². The van der Waals surface area contributed by atoms with Gasteiger partial charge < -0.3 is 4.79 Å². The third kappa shape index (κ3) is 2.76. The molecule has 0 unspecified atom stereocenters. The summed E-state index contributed by atoms with van der Waals surface area (Å²) in [5.41, 5.74) is 0.422. The second-order valence-corrected chi connectivity index (χ2v) is 9.03. The molecule has 1 saturated carbocycles. The highest BCUT2D eigenvalue weighted by Gasteiger charge is 2.67. The number of carbonyl (C=O) groups excluding carboxylic acids is 1. The molecule has 0 radical (unpaired) electrons. The standard InChI is InChI=1S/C19H18N2O5S/c22-13-19-10-11-20(12-17(19)18(19)14-4-2-1-3-5-14)27(25,26)16-8-6-15(7-9-16)21(23)24/h1-9,13,17-18H,10-12H2/t17-,18-,19+/m1/s1. The van der Waals surface area contributed by atoms with Crippen LogP contribution in [0.25, 0.3) is 0 Å². The van der Waals surface area contributed by atoms with E-state index in [1.54, 1.807) is 0 Å². The van der Waals surface area contributed by atoms with Crippen molar-refractivity contribution in [3.63, 3.8) is 0 Å². The molecule has 0 N–H and O–H groups in total. The SMILES string of the molecule is O=C[C@@]12CCN(S(=O)(=O)c3ccc([N+](=O)[O-])cc3)C[C@@H]1[C@H]2c1ccccc1. The predicted octanol–water partition coefficient (Wildman–Crippen LogP) is 2.59. The molecule has 2 aliphatic rings. The summed E-state index contributed by atoms with van der Waals surface area (Å²) in [6, 6.07) is 14.6. The number of piperidine rings is 1. The fourth-order valence-electron chi connectivity index (χ4n) is 4.32. The van der Waals surface area contributed by atoms with E-state index in [0.29, 0.717) is 6.42 Å². The summed E-state index contributed by atoms with van der Waals surface area (Å²) in [5, 5.41) is 10.8. The van der Waals surface area contributed by atoms with Crippen molar-refractivity contribution < 1.29 is 18.1 Å². The first-order valence-corrected chi connectivity index (χ1v) is 10.1. The molecule has 0 bridgehead atoms. The van der Waals surface area contributed by atoms with E-state index in [2.05, 4.69) is 0 Å². The van der Waals surface area contributed by atoms with Gasteiger partial charge in [-0.25, -0.2) is 8.42 Å². The average Bonchev–Trinajstić information content (AvgIpc) is 3.37. The zero-order valence-electron chi connectivity index (χ0n) is 14.4. The van der Waals surface area contributed by atoms with E-state index in [1.165, 1.54) is 28.6 Å². The molecule has 0 spiro atoms. The smallest absolute Gasteiger partial charge is 0.269 e. The zero-order valence-corrected chi connectivity index (χ0v) is 15.2. The Labute approximate surface area is 156 Å². The Bertz CT molecular complexity index is 991. The molecule has 7 nitrogen and oxygen atoms in total. The number of carbonyl (C=O) groups is 1. The van der Waals surface area contributed by atoms with Crippen molar-refractivity contribution in [3.05, 3.63) is 70.3 Å². The van der Waals surface area contributed by atoms with Gasteiger partial charge in [0.1, 0.15) is 6.29 Å². The Balaban J connectivity index is 1.58. The lowest BCUT2D eigenvalue weighted by atomic mass is 9.95. The maximum absolute atomic E-state index is 12.9. The van der Waals surface area contributed by atoms with Crippen LogP contribution in [0, 0.1) is 21.4 Å². The molecule has 2 aromatic rings. The van der Waals surface area contributed by atoms with E-state index in [-0.39, 0.29) is 35.5 Å². The van der Waals surface area contributed by atoms with Crippen LogP contribution in [0.3, 0.4) is 0 Å². The molecule has 0 aromatic heterocycles. The van der Waals surface area contributed by atoms with Gasteiger partial charge in [0.05, 0.1) is 9.82 Å². The Morgan fingerprint density at radius 2 is 1.78 bits per heavy atom. The number of nitro groups is 1. The number of sulfonamides is 1. The molecule has 27 heavy (non-hydrogen) atoms. The van der Waals surface area contributed by atoms with Gasteiger partial charge in [-0.15, -0.1) is 0 Å². The molecule has 4 rings (SSSR count). The lowest BCUT2D eigenvalue weighted by molar-refractivity contribution is -0.384. The number of nitro benzene ring substituents is 1. The van der Waals surface area contributed by atoms with E-state index in [1.807, 2.05) is 30.3 Å². The van der Waals surface area contributed by atoms with E-state index in [4.69, 9.17) is 0 Å².